The molecule has 2 aromatic rings. The summed E-state index contributed by atoms with van der Waals surface area (Å²) in [4.78, 5) is 0. The third-order valence-electron chi connectivity index (χ3n) is 8.54. The van der Waals surface area contributed by atoms with E-state index in [0.717, 1.165) is 0 Å². The van der Waals surface area contributed by atoms with Crippen molar-refractivity contribution in [1.82, 2.24) is 0 Å². The van der Waals surface area contributed by atoms with Gasteiger partial charge >= 0.3 is 0 Å². The van der Waals surface area contributed by atoms with Crippen LogP contribution < -0.4 is 20.9 Å². The summed E-state index contributed by atoms with van der Waals surface area (Å²) in [5.74, 6) is 1.36. The van der Waals surface area contributed by atoms with Crippen LogP contribution in [0.2, 0.25) is 10.0 Å². The molecule has 4 rings (SSSR count). The molecule has 0 amide bonds. The van der Waals surface area contributed by atoms with E-state index in [1.807, 2.05) is 12.1 Å². The minimum atomic E-state index is -0.0795. The molecule has 2 fully saturated rings. The summed E-state index contributed by atoms with van der Waals surface area (Å²) >= 11 is 12.0. The quantitative estimate of drug-likeness (QED) is 0.360. The van der Waals surface area contributed by atoms with Crippen molar-refractivity contribution in [3.05, 3.63) is 57.6 Å². The zero-order chi connectivity index (χ0) is 28.8. The highest BCUT2D eigenvalue weighted by Crippen LogP contribution is 2.55. The van der Waals surface area contributed by atoms with Crippen molar-refractivity contribution in [3.8, 4) is 23.6 Å². The molecule has 220 valence electrons. The van der Waals surface area contributed by atoms with Gasteiger partial charge in [-0.3, -0.25) is 0 Å². The Labute approximate surface area is 261 Å². The standard InChI is InChI=1S/2C15H19ClN2O.2ClH/c2*1-14(2)12(18)15(3,4)13(14)19-10-6-5-9(8-17)11(16)7-10;;/h2*5-7,12-13H,18H2,1-4H3;2*1H. The average molecular weight is 630 g/mol. The molecule has 0 saturated heterocycles. The van der Waals surface area contributed by atoms with Gasteiger partial charge in [-0.05, 0) is 24.3 Å². The molecule has 6 nitrogen and oxygen atoms in total. The average Bonchev–Trinajstić information content (AvgIpc) is 2.85. The first-order valence-corrected chi connectivity index (χ1v) is 13.4. The molecule has 0 unspecified atom stereocenters. The van der Waals surface area contributed by atoms with Crippen molar-refractivity contribution < 1.29 is 9.47 Å². The summed E-state index contributed by atoms with van der Waals surface area (Å²) in [6.07, 6.45) is 0.0537. The Bertz CT molecular complexity index is 1170. The van der Waals surface area contributed by atoms with Crippen LogP contribution in [0.1, 0.15) is 66.5 Å². The molecule has 0 bridgehead atoms. The molecular weight excluding hydrogens is 590 g/mol. The van der Waals surface area contributed by atoms with Crippen molar-refractivity contribution in [1.29, 1.82) is 10.5 Å². The van der Waals surface area contributed by atoms with Gasteiger partial charge in [0.1, 0.15) is 35.8 Å². The number of benzene rings is 2. The SMILES string of the molecule is CC1(C)C(N)C(C)(C)C1Oc1ccc(C#N)c(Cl)c1.CC1(C)C(N)C(C)(C)C1Oc1ccc(C#N)c(Cl)c1.Cl.Cl. The monoisotopic (exact) mass is 628 g/mol. The summed E-state index contributed by atoms with van der Waals surface area (Å²) in [7, 11) is 0. The summed E-state index contributed by atoms with van der Waals surface area (Å²) in [6, 6.07) is 14.6. The van der Waals surface area contributed by atoms with Crippen molar-refractivity contribution in [3.63, 3.8) is 0 Å². The maximum absolute atomic E-state index is 8.86. The number of hydrogen-bond donors (Lipinski definition) is 2. The minimum Gasteiger partial charge on any atom is -0.489 e. The van der Waals surface area contributed by atoms with Gasteiger partial charge in [-0.25, -0.2) is 0 Å². The molecule has 0 aliphatic heterocycles. The van der Waals surface area contributed by atoms with E-state index in [0.29, 0.717) is 32.7 Å². The highest BCUT2D eigenvalue weighted by Gasteiger charge is 2.62. The number of nitriles is 2. The lowest BCUT2D eigenvalue weighted by Gasteiger charge is -2.61. The van der Waals surface area contributed by atoms with Gasteiger partial charge in [0.2, 0.25) is 0 Å². The van der Waals surface area contributed by atoms with E-state index < -0.39 is 0 Å². The first-order chi connectivity index (χ1) is 17.4. The van der Waals surface area contributed by atoms with Crippen LogP contribution in [0.3, 0.4) is 0 Å². The zero-order valence-electron chi connectivity index (χ0n) is 24.2. The Balaban J connectivity index is 0.000000381. The fraction of sp³-hybridized carbons (Fsp3) is 0.533. The molecule has 4 N–H and O–H groups in total. The summed E-state index contributed by atoms with van der Waals surface area (Å²) < 4.78 is 12.1. The van der Waals surface area contributed by atoms with Crippen molar-refractivity contribution in [2.45, 2.75) is 79.7 Å². The number of nitrogens with zero attached hydrogens (tertiary/aromatic N) is 2. The molecule has 0 heterocycles. The number of halogens is 4. The minimum absolute atomic E-state index is 0. The third kappa shape index (κ3) is 6.29. The number of ether oxygens (including phenoxy) is 2. The van der Waals surface area contributed by atoms with Gasteiger partial charge in [0, 0.05) is 45.9 Å². The van der Waals surface area contributed by atoms with E-state index in [9.17, 15) is 0 Å². The van der Waals surface area contributed by atoms with E-state index >= 15 is 0 Å². The summed E-state index contributed by atoms with van der Waals surface area (Å²) in [5, 5.41) is 18.5. The summed E-state index contributed by atoms with van der Waals surface area (Å²) in [5.41, 5.74) is 13.0. The van der Waals surface area contributed by atoms with Gasteiger partial charge in [-0.1, -0.05) is 78.6 Å². The molecule has 0 radical (unpaired) electrons. The lowest BCUT2D eigenvalue weighted by molar-refractivity contribution is -0.155. The van der Waals surface area contributed by atoms with Gasteiger partial charge in [-0.2, -0.15) is 10.5 Å². The highest BCUT2D eigenvalue weighted by atomic mass is 35.5. The molecular formula is C30H40Cl4N4O2. The normalized spacial score (nSPS) is 25.9. The van der Waals surface area contributed by atoms with Crippen molar-refractivity contribution >= 4 is 48.0 Å². The largest absolute Gasteiger partial charge is 0.489 e. The van der Waals surface area contributed by atoms with Crippen LogP contribution in [-0.4, -0.2) is 24.3 Å². The van der Waals surface area contributed by atoms with Crippen LogP contribution in [0.5, 0.6) is 11.5 Å². The van der Waals surface area contributed by atoms with Crippen LogP contribution >= 0.6 is 48.0 Å². The van der Waals surface area contributed by atoms with Gasteiger partial charge in [0.05, 0.1) is 21.2 Å². The molecule has 2 saturated carbocycles. The van der Waals surface area contributed by atoms with Crippen LogP contribution in [0.4, 0.5) is 0 Å². The first-order valence-electron chi connectivity index (χ1n) is 12.7. The Morgan fingerprint density at radius 3 is 1.12 bits per heavy atom. The number of nitrogens with two attached hydrogens (primary N) is 2. The van der Waals surface area contributed by atoms with Crippen molar-refractivity contribution in [2.24, 2.45) is 33.1 Å². The van der Waals surface area contributed by atoms with Crippen LogP contribution in [0, 0.1) is 44.3 Å². The fourth-order valence-electron chi connectivity index (χ4n) is 6.49. The fourth-order valence-corrected chi connectivity index (χ4v) is 6.92. The van der Waals surface area contributed by atoms with E-state index in [2.05, 4.69) is 55.4 Å². The first kappa shape index (κ1) is 36.1. The van der Waals surface area contributed by atoms with Crippen molar-refractivity contribution in [2.75, 3.05) is 0 Å². The van der Waals surface area contributed by atoms with E-state index in [4.69, 9.17) is 54.7 Å². The van der Waals surface area contributed by atoms with E-state index in [1.54, 1.807) is 36.4 Å². The van der Waals surface area contributed by atoms with Crippen LogP contribution in [-0.2, 0) is 0 Å². The smallest absolute Gasteiger partial charge is 0.121 e. The highest BCUT2D eigenvalue weighted by molar-refractivity contribution is 6.32. The third-order valence-corrected chi connectivity index (χ3v) is 9.16. The molecule has 40 heavy (non-hydrogen) atoms. The Morgan fingerprint density at radius 2 is 0.900 bits per heavy atom. The maximum atomic E-state index is 8.86. The predicted octanol–water partition coefficient (Wildman–Crippen LogP) is 7.55. The second-order valence-electron chi connectivity index (χ2n) is 12.7. The number of hydrogen-bond acceptors (Lipinski definition) is 6. The lowest BCUT2D eigenvalue weighted by Crippen LogP contribution is -2.72. The van der Waals surface area contributed by atoms with Gasteiger partial charge in [0.25, 0.3) is 0 Å². The summed E-state index contributed by atoms with van der Waals surface area (Å²) in [6.45, 7) is 16.9. The molecule has 0 aromatic heterocycles. The van der Waals surface area contributed by atoms with E-state index in [-0.39, 0.29) is 70.8 Å². The number of rotatable bonds is 4. The Hall–Kier alpha value is -1.90. The van der Waals surface area contributed by atoms with Crippen LogP contribution in [0.15, 0.2) is 36.4 Å². The van der Waals surface area contributed by atoms with Crippen LogP contribution in [0.25, 0.3) is 0 Å². The molecule has 0 spiro atoms. The second kappa shape index (κ2) is 12.5. The predicted molar refractivity (Wildman–Crippen MR) is 167 cm³/mol. The second-order valence-corrected chi connectivity index (χ2v) is 13.6. The topological polar surface area (TPSA) is 118 Å². The molecule has 0 atom stereocenters. The molecule has 10 heteroatoms. The Kier molecular flexibility index (Phi) is 11.3. The zero-order valence-corrected chi connectivity index (χ0v) is 27.4. The molecule has 2 aromatic carbocycles. The lowest BCUT2D eigenvalue weighted by atomic mass is 9.50. The van der Waals surface area contributed by atoms with E-state index in [1.165, 1.54) is 0 Å². The van der Waals surface area contributed by atoms with Gasteiger partial charge in [0.15, 0.2) is 0 Å². The van der Waals surface area contributed by atoms with Gasteiger partial charge in [-0.15, -0.1) is 24.8 Å². The molecule has 2 aliphatic carbocycles. The maximum Gasteiger partial charge on any atom is 0.121 e. The van der Waals surface area contributed by atoms with Gasteiger partial charge < -0.3 is 20.9 Å². The molecule has 2 aliphatic rings. The Morgan fingerprint density at radius 1 is 0.625 bits per heavy atom.